The first-order chi connectivity index (χ1) is 10.2. The van der Waals surface area contributed by atoms with Gasteiger partial charge in [-0.3, -0.25) is 0 Å². The molecule has 0 radical (unpaired) electrons. The van der Waals surface area contributed by atoms with E-state index in [0.29, 0.717) is 12.3 Å². The second kappa shape index (κ2) is 6.02. The number of benzene rings is 3. The predicted molar refractivity (Wildman–Crippen MR) is 87.8 cm³/mol. The average molecular weight is 301 g/mol. The molecule has 0 aromatic heterocycles. The number of aliphatic hydroxyl groups is 2. The van der Waals surface area contributed by atoms with Crippen molar-refractivity contribution >= 4 is 33.1 Å². The fraction of sp³-hybridized carbons (Fsp3) is 0.222. The summed E-state index contributed by atoms with van der Waals surface area (Å²) < 4.78 is 0. The van der Waals surface area contributed by atoms with Crippen LogP contribution in [0, 0.1) is 0 Å². The van der Waals surface area contributed by atoms with Crippen LogP contribution in [0.5, 0.6) is 0 Å². The molecule has 3 aromatic rings. The predicted octanol–water partition coefficient (Wildman–Crippen LogP) is 4.02. The van der Waals surface area contributed by atoms with Crippen molar-refractivity contribution in [2.75, 3.05) is 5.88 Å². The van der Waals surface area contributed by atoms with Crippen LogP contribution < -0.4 is 0 Å². The number of aliphatic hydroxyl groups excluding tert-OH is 2. The normalized spacial score (nSPS) is 14.4. The van der Waals surface area contributed by atoms with E-state index in [4.69, 9.17) is 11.6 Å². The van der Waals surface area contributed by atoms with E-state index in [9.17, 15) is 10.2 Å². The maximum Gasteiger partial charge on any atom is 0.106 e. The Morgan fingerprint density at radius 2 is 1.48 bits per heavy atom. The molecule has 3 heteroatoms. The first-order valence-electron chi connectivity index (χ1n) is 7.05. The highest BCUT2D eigenvalue weighted by Crippen LogP contribution is 2.33. The van der Waals surface area contributed by atoms with Crippen molar-refractivity contribution in [3.63, 3.8) is 0 Å². The molecule has 0 heterocycles. The van der Waals surface area contributed by atoms with Crippen molar-refractivity contribution in [3.05, 3.63) is 60.2 Å². The van der Waals surface area contributed by atoms with Gasteiger partial charge in [-0.05, 0) is 39.6 Å². The third-order valence-corrected chi connectivity index (χ3v) is 4.11. The number of alkyl halides is 1. The highest BCUT2D eigenvalue weighted by atomic mass is 35.5. The molecule has 0 aliphatic heterocycles. The lowest BCUT2D eigenvalue weighted by molar-refractivity contribution is 0.0179. The summed E-state index contributed by atoms with van der Waals surface area (Å²) in [7, 11) is 0. The number of halogens is 1. The van der Waals surface area contributed by atoms with Gasteiger partial charge in [0.1, 0.15) is 6.10 Å². The first kappa shape index (κ1) is 14.3. The van der Waals surface area contributed by atoms with E-state index >= 15 is 0 Å². The Kier molecular flexibility index (Phi) is 4.11. The van der Waals surface area contributed by atoms with Crippen LogP contribution in [0.3, 0.4) is 0 Å². The van der Waals surface area contributed by atoms with E-state index < -0.39 is 12.2 Å². The molecule has 2 nitrogen and oxygen atoms in total. The fourth-order valence-electron chi connectivity index (χ4n) is 2.80. The van der Waals surface area contributed by atoms with Crippen molar-refractivity contribution < 1.29 is 10.2 Å². The lowest BCUT2D eigenvalue weighted by Gasteiger charge is -2.20. The molecule has 0 saturated carbocycles. The highest BCUT2D eigenvalue weighted by molar-refractivity contribution is 6.17. The highest BCUT2D eigenvalue weighted by Gasteiger charge is 2.20. The van der Waals surface area contributed by atoms with Crippen molar-refractivity contribution in [1.29, 1.82) is 0 Å². The molecule has 0 bridgehead atoms. The monoisotopic (exact) mass is 300 g/mol. The van der Waals surface area contributed by atoms with Crippen LogP contribution in [0.25, 0.3) is 21.5 Å². The largest absolute Gasteiger partial charge is 0.390 e. The van der Waals surface area contributed by atoms with Crippen molar-refractivity contribution in [2.45, 2.75) is 18.6 Å². The molecule has 2 atom stereocenters. The summed E-state index contributed by atoms with van der Waals surface area (Å²) in [5, 5.41) is 24.8. The van der Waals surface area contributed by atoms with Gasteiger partial charge in [0, 0.05) is 5.88 Å². The maximum absolute atomic E-state index is 10.5. The fourth-order valence-corrected chi connectivity index (χ4v) is 3.03. The second-order valence-electron chi connectivity index (χ2n) is 5.22. The third kappa shape index (κ3) is 2.62. The summed E-state index contributed by atoms with van der Waals surface area (Å²) in [5.41, 5.74) is 0.752. The SMILES string of the molecule is OC(CCCl)C(O)c1cc2ccccc2c2ccccc12. The van der Waals surface area contributed by atoms with E-state index in [0.717, 1.165) is 27.1 Å². The van der Waals surface area contributed by atoms with Gasteiger partial charge in [-0.15, -0.1) is 11.6 Å². The Labute approximate surface area is 128 Å². The van der Waals surface area contributed by atoms with Gasteiger partial charge in [-0.1, -0.05) is 48.5 Å². The molecule has 108 valence electrons. The van der Waals surface area contributed by atoms with Crippen LogP contribution in [0.1, 0.15) is 18.1 Å². The average Bonchev–Trinajstić information content (AvgIpc) is 2.53. The van der Waals surface area contributed by atoms with Crippen LogP contribution in [-0.4, -0.2) is 22.2 Å². The number of hydrogen-bond donors (Lipinski definition) is 2. The smallest absolute Gasteiger partial charge is 0.106 e. The lowest BCUT2D eigenvalue weighted by Crippen LogP contribution is -2.19. The van der Waals surface area contributed by atoms with Gasteiger partial charge >= 0.3 is 0 Å². The van der Waals surface area contributed by atoms with Crippen LogP contribution in [0.2, 0.25) is 0 Å². The van der Waals surface area contributed by atoms with Crippen LogP contribution in [0.15, 0.2) is 54.6 Å². The second-order valence-corrected chi connectivity index (χ2v) is 5.60. The standard InChI is InChI=1S/C18H17ClO2/c19-10-9-17(20)18(21)16-11-12-5-1-2-6-13(12)14-7-3-4-8-15(14)16/h1-8,11,17-18,20-21H,9-10H2. The van der Waals surface area contributed by atoms with Gasteiger partial charge in [-0.25, -0.2) is 0 Å². The molecule has 0 aliphatic rings. The Hall–Kier alpha value is -1.61. The molecule has 2 N–H and O–H groups in total. The molecule has 3 rings (SSSR count). The van der Waals surface area contributed by atoms with E-state index in [1.54, 1.807) is 0 Å². The minimum atomic E-state index is -0.932. The van der Waals surface area contributed by atoms with Gasteiger partial charge in [0.2, 0.25) is 0 Å². The summed E-state index contributed by atoms with van der Waals surface area (Å²) in [6.45, 7) is 0. The van der Waals surface area contributed by atoms with E-state index in [1.807, 2.05) is 48.5 Å². The summed E-state index contributed by atoms with van der Waals surface area (Å²) in [5.74, 6) is 0.323. The Morgan fingerprint density at radius 3 is 2.19 bits per heavy atom. The van der Waals surface area contributed by atoms with Gasteiger partial charge in [0.15, 0.2) is 0 Å². The lowest BCUT2D eigenvalue weighted by atomic mass is 9.92. The van der Waals surface area contributed by atoms with Crippen molar-refractivity contribution in [1.82, 2.24) is 0 Å². The molecule has 0 saturated heterocycles. The molecule has 0 aliphatic carbocycles. The minimum Gasteiger partial charge on any atom is -0.390 e. The molecular weight excluding hydrogens is 284 g/mol. The molecule has 0 spiro atoms. The minimum absolute atomic E-state index is 0.323. The van der Waals surface area contributed by atoms with Crippen molar-refractivity contribution in [2.24, 2.45) is 0 Å². The molecule has 2 unspecified atom stereocenters. The van der Waals surface area contributed by atoms with Gasteiger partial charge in [0.05, 0.1) is 6.10 Å². The third-order valence-electron chi connectivity index (χ3n) is 3.89. The Morgan fingerprint density at radius 1 is 0.857 bits per heavy atom. The van der Waals surface area contributed by atoms with Crippen molar-refractivity contribution in [3.8, 4) is 0 Å². The molecule has 21 heavy (non-hydrogen) atoms. The molecule has 0 fully saturated rings. The van der Waals surface area contributed by atoms with Gasteiger partial charge < -0.3 is 10.2 Å². The number of fused-ring (bicyclic) bond motifs is 3. The zero-order valence-electron chi connectivity index (χ0n) is 11.5. The van der Waals surface area contributed by atoms with E-state index in [1.165, 1.54) is 0 Å². The molecule has 0 amide bonds. The summed E-state index contributed by atoms with van der Waals surface area (Å²) in [6, 6.07) is 18.0. The van der Waals surface area contributed by atoms with Crippen LogP contribution >= 0.6 is 11.6 Å². The summed E-state index contributed by atoms with van der Waals surface area (Å²) in [6.07, 6.45) is -1.42. The topological polar surface area (TPSA) is 40.5 Å². The van der Waals surface area contributed by atoms with Gasteiger partial charge in [0.25, 0.3) is 0 Å². The Balaban J connectivity index is 2.25. The zero-order valence-corrected chi connectivity index (χ0v) is 12.3. The zero-order chi connectivity index (χ0) is 14.8. The van der Waals surface area contributed by atoms with Crippen LogP contribution in [0.4, 0.5) is 0 Å². The first-order valence-corrected chi connectivity index (χ1v) is 7.58. The Bertz CT molecular complexity index is 769. The molecular formula is C18H17ClO2. The maximum atomic E-state index is 10.5. The van der Waals surface area contributed by atoms with E-state index in [2.05, 4.69) is 6.07 Å². The van der Waals surface area contributed by atoms with E-state index in [-0.39, 0.29) is 0 Å². The summed E-state index contributed by atoms with van der Waals surface area (Å²) >= 11 is 5.67. The molecule has 3 aromatic carbocycles. The summed E-state index contributed by atoms with van der Waals surface area (Å²) in [4.78, 5) is 0. The number of rotatable bonds is 4. The quantitative estimate of drug-likeness (QED) is 0.564. The number of hydrogen-bond acceptors (Lipinski definition) is 2. The van der Waals surface area contributed by atoms with Crippen LogP contribution in [-0.2, 0) is 0 Å². The van der Waals surface area contributed by atoms with Gasteiger partial charge in [-0.2, -0.15) is 0 Å².